The Morgan fingerprint density at radius 3 is 2.50 bits per heavy atom. The zero-order valence-electron chi connectivity index (χ0n) is 25.1. The summed E-state index contributed by atoms with van der Waals surface area (Å²) < 4.78 is 26.2. The van der Waals surface area contributed by atoms with Crippen molar-refractivity contribution in [1.82, 2.24) is 10.3 Å². The summed E-state index contributed by atoms with van der Waals surface area (Å²) in [5, 5.41) is 4.00. The van der Waals surface area contributed by atoms with E-state index < -0.39 is 5.79 Å². The minimum absolute atomic E-state index is 0.00305. The maximum atomic E-state index is 13.8. The first kappa shape index (κ1) is 31.4. The van der Waals surface area contributed by atoms with Crippen LogP contribution in [0.15, 0.2) is 54.6 Å². The summed E-state index contributed by atoms with van der Waals surface area (Å²) >= 11 is 0. The summed E-state index contributed by atoms with van der Waals surface area (Å²) in [6, 6.07) is 14.7. The number of nitrogens with one attached hydrogen (secondary N) is 1. The summed E-state index contributed by atoms with van der Waals surface area (Å²) in [7, 11) is 0. The molecule has 1 fully saturated rings. The molecule has 0 saturated carbocycles. The van der Waals surface area contributed by atoms with Crippen LogP contribution in [0.4, 0.5) is 4.39 Å². The van der Waals surface area contributed by atoms with Crippen molar-refractivity contribution in [3.8, 4) is 11.1 Å². The quantitative estimate of drug-likeness (QED) is 0.273. The van der Waals surface area contributed by atoms with Crippen molar-refractivity contribution < 1.29 is 18.7 Å². The van der Waals surface area contributed by atoms with Gasteiger partial charge in [-0.05, 0) is 49.9 Å². The van der Waals surface area contributed by atoms with Crippen LogP contribution in [0.3, 0.4) is 0 Å². The molecule has 6 heteroatoms. The number of benzene rings is 2. The molecule has 0 unspecified atom stereocenters. The number of ether oxygens (including phenoxy) is 2. The first-order chi connectivity index (χ1) is 19.2. The van der Waals surface area contributed by atoms with E-state index in [1.54, 1.807) is 0 Å². The van der Waals surface area contributed by atoms with Crippen LogP contribution < -0.4 is 5.32 Å². The molecule has 3 aromatic rings. The summed E-state index contributed by atoms with van der Waals surface area (Å²) in [5.41, 5.74) is 4.82. The number of amides is 1. The molecule has 1 aliphatic rings. The van der Waals surface area contributed by atoms with Crippen molar-refractivity contribution in [3.63, 3.8) is 0 Å². The highest BCUT2D eigenvalue weighted by molar-refractivity contribution is 5.99. The zero-order valence-corrected chi connectivity index (χ0v) is 25.1. The molecule has 5 nitrogen and oxygen atoms in total. The number of para-hydroxylation sites is 1. The SMILES string of the molecule is CC.CCCCNC(=O)C[C@H]1C[C@@H](/C=C/c2c(C(C)C)nc3ccccc3c2-c2ccc(F)cc2)OC(C)(C)O1. The molecular formula is C34H45FN2O3. The summed E-state index contributed by atoms with van der Waals surface area (Å²) in [5.74, 6) is -0.909. The number of pyridine rings is 1. The molecule has 2 heterocycles. The van der Waals surface area contributed by atoms with Crippen LogP contribution in [0.5, 0.6) is 0 Å². The van der Waals surface area contributed by atoms with Crippen LogP contribution in [0.2, 0.25) is 0 Å². The van der Waals surface area contributed by atoms with Gasteiger partial charge in [0.15, 0.2) is 5.79 Å². The Bertz CT molecular complexity index is 1280. The maximum Gasteiger partial charge on any atom is 0.222 e. The molecule has 1 amide bonds. The minimum Gasteiger partial charge on any atom is -0.356 e. The zero-order chi connectivity index (χ0) is 29.3. The number of fused-ring (bicyclic) bond motifs is 1. The summed E-state index contributed by atoms with van der Waals surface area (Å²) in [6.45, 7) is 14.8. The van der Waals surface area contributed by atoms with Gasteiger partial charge in [0.05, 0.1) is 29.8 Å². The van der Waals surface area contributed by atoms with Gasteiger partial charge in [-0.3, -0.25) is 9.78 Å². The topological polar surface area (TPSA) is 60.5 Å². The molecule has 2 atom stereocenters. The minimum atomic E-state index is -0.816. The molecule has 216 valence electrons. The Kier molecular flexibility index (Phi) is 11.4. The highest BCUT2D eigenvalue weighted by atomic mass is 19.1. The van der Waals surface area contributed by atoms with E-state index in [-0.39, 0.29) is 29.9 Å². The van der Waals surface area contributed by atoms with Crippen LogP contribution in [-0.4, -0.2) is 35.4 Å². The van der Waals surface area contributed by atoms with Gasteiger partial charge in [-0.15, -0.1) is 0 Å². The Hall–Kier alpha value is -3.09. The number of aromatic nitrogens is 1. The van der Waals surface area contributed by atoms with Gasteiger partial charge in [-0.1, -0.05) is 83.5 Å². The van der Waals surface area contributed by atoms with Crippen molar-refractivity contribution in [2.24, 2.45) is 0 Å². The molecule has 1 aromatic heterocycles. The highest BCUT2D eigenvalue weighted by Gasteiger charge is 2.35. The first-order valence-corrected chi connectivity index (χ1v) is 14.7. The lowest BCUT2D eigenvalue weighted by Crippen LogP contribution is -2.45. The third-order valence-electron chi connectivity index (χ3n) is 6.76. The fourth-order valence-corrected chi connectivity index (χ4v) is 5.06. The van der Waals surface area contributed by atoms with Gasteiger partial charge in [0.1, 0.15) is 5.82 Å². The monoisotopic (exact) mass is 548 g/mol. The van der Waals surface area contributed by atoms with E-state index in [2.05, 4.69) is 44.3 Å². The van der Waals surface area contributed by atoms with Gasteiger partial charge >= 0.3 is 0 Å². The van der Waals surface area contributed by atoms with E-state index in [9.17, 15) is 9.18 Å². The third kappa shape index (κ3) is 8.21. The van der Waals surface area contributed by atoms with Crippen molar-refractivity contribution >= 4 is 22.9 Å². The third-order valence-corrected chi connectivity index (χ3v) is 6.76. The maximum absolute atomic E-state index is 13.8. The van der Waals surface area contributed by atoms with Gasteiger partial charge in [0.25, 0.3) is 0 Å². The number of carbonyl (C=O) groups excluding carboxylic acids is 1. The molecule has 2 aromatic carbocycles. The van der Waals surface area contributed by atoms with E-state index in [0.717, 1.165) is 46.1 Å². The number of unbranched alkanes of at least 4 members (excludes halogenated alkanes) is 1. The largest absolute Gasteiger partial charge is 0.356 e. The molecule has 0 bridgehead atoms. The van der Waals surface area contributed by atoms with Crippen LogP contribution >= 0.6 is 0 Å². The predicted octanol–water partition coefficient (Wildman–Crippen LogP) is 8.42. The van der Waals surface area contributed by atoms with Gasteiger partial charge in [0, 0.05) is 29.5 Å². The van der Waals surface area contributed by atoms with Gasteiger partial charge < -0.3 is 14.8 Å². The van der Waals surface area contributed by atoms with Gasteiger partial charge in [-0.2, -0.15) is 0 Å². The van der Waals surface area contributed by atoms with Crippen molar-refractivity contribution in [2.75, 3.05) is 6.54 Å². The van der Waals surface area contributed by atoms with Gasteiger partial charge in [0.2, 0.25) is 5.91 Å². The fraction of sp³-hybridized carbons (Fsp3) is 0.471. The molecule has 4 rings (SSSR count). The Morgan fingerprint density at radius 1 is 1.12 bits per heavy atom. The first-order valence-electron chi connectivity index (χ1n) is 14.7. The van der Waals surface area contributed by atoms with Crippen LogP contribution in [-0.2, 0) is 14.3 Å². The summed E-state index contributed by atoms with van der Waals surface area (Å²) in [6.07, 6.45) is 6.53. The number of hydrogen-bond acceptors (Lipinski definition) is 4. The standard InChI is InChI=1S/C32H39FN2O3.C2H6/c1-6-7-18-34-29(36)20-25-19-24(37-32(4,5)38-25)16-17-27-30(22-12-14-23(33)15-13-22)26-10-8-9-11-28(26)35-31(27)21(2)3;1-2/h8-17,21,24-25H,6-7,18-20H2,1-5H3,(H,34,36);1-2H3/b17-16+;/t24-,25-;/m1./s1. The van der Waals surface area contributed by atoms with E-state index >= 15 is 0 Å². The molecule has 40 heavy (non-hydrogen) atoms. The Labute approximate surface area is 239 Å². The molecule has 1 saturated heterocycles. The van der Waals surface area contributed by atoms with E-state index in [0.29, 0.717) is 19.4 Å². The molecule has 1 N–H and O–H groups in total. The predicted molar refractivity (Wildman–Crippen MR) is 163 cm³/mol. The molecule has 0 spiro atoms. The fourth-order valence-electron chi connectivity index (χ4n) is 5.06. The molecule has 0 aliphatic carbocycles. The molecule has 1 aliphatic heterocycles. The van der Waals surface area contributed by atoms with Crippen LogP contribution in [0.1, 0.15) is 91.3 Å². The highest BCUT2D eigenvalue weighted by Crippen LogP contribution is 2.37. The average molecular weight is 549 g/mol. The number of carbonyl (C=O) groups is 1. The normalized spacial score (nSPS) is 18.5. The number of hydrogen-bond donors (Lipinski definition) is 1. The second kappa shape index (κ2) is 14.5. The Morgan fingerprint density at radius 2 is 1.82 bits per heavy atom. The second-order valence-corrected chi connectivity index (χ2v) is 10.8. The number of nitrogens with zero attached hydrogens (tertiary/aromatic N) is 1. The number of halogens is 1. The van der Waals surface area contributed by atoms with Crippen LogP contribution in [0.25, 0.3) is 28.1 Å². The average Bonchev–Trinajstić information content (AvgIpc) is 2.92. The number of rotatable bonds is 9. The molecule has 0 radical (unpaired) electrons. The van der Waals surface area contributed by atoms with Crippen molar-refractivity contribution in [3.05, 3.63) is 71.7 Å². The lowest BCUT2D eigenvalue weighted by Gasteiger charge is -2.39. The second-order valence-electron chi connectivity index (χ2n) is 10.8. The van der Waals surface area contributed by atoms with E-state index in [4.69, 9.17) is 14.5 Å². The Balaban J connectivity index is 0.00000216. The van der Waals surface area contributed by atoms with E-state index in [1.807, 2.05) is 58.0 Å². The summed E-state index contributed by atoms with van der Waals surface area (Å²) in [4.78, 5) is 17.5. The van der Waals surface area contributed by atoms with Gasteiger partial charge in [-0.25, -0.2) is 4.39 Å². The smallest absolute Gasteiger partial charge is 0.222 e. The van der Waals surface area contributed by atoms with Crippen molar-refractivity contribution in [1.29, 1.82) is 0 Å². The lowest BCUT2D eigenvalue weighted by atomic mass is 9.90. The lowest BCUT2D eigenvalue weighted by molar-refractivity contribution is -0.289. The van der Waals surface area contributed by atoms with Crippen molar-refractivity contribution in [2.45, 2.75) is 98.1 Å². The van der Waals surface area contributed by atoms with Crippen LogP contribution in [0, 0.1) is 5.82 Å². The van der Waals surface area contributed by atoms with E-state index in [1.165, 1.54) is 12.1 Å². The molecular weight excluding hydrogens is 503 g/mol.